The molecular weight excluding hydrogens is 510 g/mol. The maximum Gasteiger partial charge on any atom is 0.338 e. The van der Waals surface area contributed by atoms with Crippen molar-refractivity contribution >= 4 is 34.3 Å². The molecule has 0 radical (unpaired) electrons. The molecule has 1 unspecified atom stereocenters. The van der Waals surface area contributed by atoms with Crippen LogP contribution in [0.15, 0.2) is 101 Å². The number of hydrogen-bond acceptors (Lipinski definition) is 6. The number of carbonyl (C=O) groups is 1. The zero-order valence-electron chi connectivity index (χ0n) is 21.9. The molecule has 7 nitrogen and oxygen atoms in total. The molecular formula is C31H29N3O4S. The largest absolute Gasteiger partial charge is 0.490 e. The SMILES string of the molecule is C=CCOc1ccc(C2C(C(=O)OCC)=C(C)N=c3sc(=Cc4cn(CC=C)c5ccccc45)c(=O)n32)cc1. The number of hydrogen-bond donors (Lipinski definition) is 0. The van der Waals surface area contributed by atoms with Crippen LogP contribution < -0.4 is 19.6 Å². The lowest BCUT2D eigenvalue weighted by Gasteiger charge is -2.24. The van der Waals surface area contributed by atoms with Crippen LogP contribution in [0.5, 0.6) is 5.75 Å². The van der Waals surface area contributed by atoms with Gasteiger partial charge in [0.15, 0.2) is 4.80 Å². The van der Waals surface area contributed by atoms with Gasteiger partial charge in [-0.1, -0.05) is 60.4 Å². The van der Waals surface area contributed by atoms with Crippen LogP contribution in [-0.4, -0.2) is 28.3 Å². The number of esters is 1. The zero-order chi connectivity index (χ0) is 27.5. The Hall–Kier alpha value is -4.43. The molecule has 0 N–H and O–H groups in total. The molecule has 2 aromatic heterocycles. The Morgan fingerprint density at radius 3 is 2.62 bits per heavy atom. The van der Waals surface area contributed by atoms with E-state index in [1.54, 1.807) is 24.5 Å². The summed E-state index contributed by atoms with van der Waals surface area (Å²) < 4.78 is 15.2. The minimum absolute atomic E-state index is 0.217. The summed E-state index contributed by atoms with van der Waals surface area (Å²) in [6, 6.07) is 14.8. The van der Waals surface area contributed by atoms with Crippen molar-refractivity contribution in [3.8, 4) is 5.75 Å². The van der Waals surface area contributed by atoms with Crippen molar-refractivity contribution in [1.29, 1.82) is 0 Å². The van der Waals surface area contributed by atoms with E-state index in [1.807, 2.05) is 60.8 Å². The van der Waals surface area contributed by atoms with Gasteiger partial charge >= 0.3 is 5.97 Å². The van der Waals surface area contributed by atoms with Gasteiger partial charge in [-0.2, -0.15) is 0 Å². The zero-order valence-corrected chi connectivity index (χ0v) is 22.7. The Bertz CT molecular complexity index is 1790. The standard InChI is InChI=1S/C31H29N3O4S/c1-5-16-33-19-22(24-10-8-9-11-25(24)33)18-26-29(35)34-28(21-12-14-23(15-13-21)38-17-6-2)27(30(36)37-7-3)20(4)32-31(34)39-26/h5-6,8-15,18-19,28H,1-2,7,16-17H2,3-4H3. The lowest BCUT2D eigenvalue weighted by molar-refractivity contribution is -0.139. The number of carbonyl (C=O) groups excluding carboxylic acids is 1. The van der Waals surface area contributed by atoms with Gasteiger partial charge in [-0.3, -0.25) is 9.36 Å². The van der Waals surface area contributed by atoms with E-state index in [1.165, 1.54) is 11.3 Å². The van der Waals surface area contributed by atoms with Crippen molar-refractivity contribution in [1.82, 2.24) is 9.13 Å². The molecule has 0 saturated carbocycles. The van der Waals surface area contributed by atoms with Crippen molar-refractivity contribution in [2.75, 3.05) is 13.2 Å². The van der Waals surface area contributed by atoms with Gasteiger partial charge in [0.25, 0.3) is 5.56 Å². The highest BCUT2D eigenvalue weighted by atomic mass is 32.1. The monoisotopic (exact) mass is 539 g/mol. The fraction of sp³-hybridized carbons (Fsp3) is 0.194. The van der Waals surface area contributed by atoms with E-state index in [2.05, 4.69) is 28.8 Å². The fourth-order valence-electron chi connectivity index (χ4n) is 4.83. The number of rotatable bonds is 9. The third-order valence-electron chi connectivity index (χ3n) is 6.51. The Morgan fingerprint density at radius 1 is 1.13 bits per heavy atom. The molecule has 0 aliphatic carbocycles. The first kappa shape index (κ1) is 26.2. The van der Waals surface area contributed by atoms with Gasteiger partial charge in [-0.15, -0.1) is 6.58 Å². The van der Waals surface area contributed by atoms with Crippen LogP contribution in [0.25, 0.3) is 17.0 Å². The first-order valence-corrected chi connectivity index (χ1v) is 13.5. The lowest BCUT2D eigenvalue weighted by atomic mass is 9.96. The van der Waals surface area contributed by atoms with Crippen molar-refractivity contribution in [2.24, 2.45) is 4.99 Å². The maximum absolute atomic E-state index is 14.0. The van der Waals surface area contributed by atoms with Gasteiger partial charge in [0, 0.05) is 29.2 Å². The van der Waals surface area contributed by atoms with Crippen LogP contribution in [-0.2, 0) is 16.1 Å². The van der Waals surface area contributed by atoms with Crippen molar-refractivity contribution in [2.45, 2.75) is 26.4 Å². The van der Waals surface area contributed by atoms with Crippen LogP contribution in [0.3, 0.4) is 0 Å². The molecule has 1 aliphatic rings. The summed E-state index contributed by atoms with van der Waals surface area (Å²) >= 11 is 1.31. The van der Waals surface area contributed by atoms with Gasteiger partial charge in [0.2, 0.25) is 0 Å². The molecule has 0 fully saturated rings. The van der Waals surface area contributed by atoms with Gasteiger partial charge in [-0.25, -0.2) is 9.79 Å². The second kappa shape index (κ2) is 11.1. The number of aromatic nitrogens is 2. The summed E-state index contributed by atoms with van der Waals surface area (Å²) in [6.45, 7) is 12.3. The number of thiazole rings is 1. The molecule has 2 aromatic carbocycles. The van der Waals surface area contributed by atoms with Crippen molar-refractivity contribution < 1.29 is 14.3 Å². The minimum atomic E-state index is -0.682. The normalized spacial score (nSPS) is 15.1. The molecule has 8 heteroatoms. The third kappa shape index (κ3) is 4.91. The lowest BCUT2D eigenvalue weighted by Crippen LogP contribution is -2.39. The highest BCUT2D eigenvalue weighted by molar-refractivity contribution is 7.07. The van der Waals surface area contributed by atoms with Gasteiger partial charge in [0.1, 0.15) is 12.4 Å². The van der Waals surface area contributed by atoms with E-state index >= 15 is 0 Å². The van der Waals surface area contributed by atoms with Gasteiger partial charge in [0.05, 0.1) is 28.5 Å². The highest BCUT2D eigenvalue weighted by Crippen LogP contribution is 2.31. The molecule has 1 atom stereocenters. The van der Waals surface area contributed by atoms with Crippen LogP contribution in [0.4, 0.5) is 0 Å². The number of fused-ring (bicyclic) bond motifs is 2. The topological polar surface area (TPSA) is 74.8 Å². The quantitative estimate of drug-likeness (QED) is 0.232. The van der Waals surface area contributed by atoms with E-state index in [9.17, 15) is 9.59 Å². The molecule has 0 saturated heterocycles. The summed E-state index contributed by atoms with van der Waals surface area (Å²) in [4.78, 5) is 32.3. The summed E-state index contributed by atoms with van der Waals surface area (Å²) in [5, 5.41) is 1.04. The predicted octanol–water partition coefficient (Wildman–Crippen LogP) is 4.50. The van der Waals surface area contributed by atoms with Crippen LogP contribution in [0.2, 0.25) is 0 Å². The summed E-state index contributed by atoms with van der Waals surface area (Å²) in [7, 11) is 0. The fourth-order valence-corrected chi connectivity index (χ4v) is 5.87. The average molecular weight is 540 g/mol. The van der Waals surface area contributed by atoms with E-state index in [4.69, 9.17) is 9.47 Å². The Balaban J connectivity index is 1.69. The van der Waals surface area contributed by atoms with E-state index < -0.39 is 12.0 Å². The van der Waals surface area contributed by atoms with Crippen molar-refractivity contribution in [3.63, 3.8) is 0 Å². The molecule has 39 heavy (non-hydrogen) atoms. The molecule has 0 amide bonds. The molecule has 0 spiro atoms. The summed E-state index contributed by atoms with van der Waals surface area (Å²) in [5.41, 5.74) is 3.41. The maximum atomic E-state index is 14.0. The molecule has 5 rings (SSSR count). The molecule has 198 valence electrons. The second-order valence-electron chi connectivity index (χ2n) is 9.01. The Labute approximate surface area is 230 Å². The Morgan fingerprint density at radius 2 is 1.90 bits per heavy atom. The average Bonchev–Trinajstić information content (AvgIpc) is 3.44. The number of ether oxygens (including phenoxy) is 2. The Kier molecular flexibility index (Phi) is 7.47. The molecule has 3 heterocycles. The predicted molar refractivity (Wildman–Crippen MR) is 155 cm³/mol. The number of benzene rings is 2. The van der Waals surface area contributed by atoms with E-state index in [0.717, 1.165) is 22.0 Å². The smallest absolute Gasteiger partial charge is 0.338 e. The first-order chi connectivity index (χ1) is 19.0. The van der Waals surface area contributed by atoms with Crippen molar-refractivity contribution in [3.05, 3.63) is 122 Å². The number of para-hydroxylation sites is 1. The second-order valence-corrected chi connectivity index (χ2v) is 10.0. The summed E-state index contributed by atoms with van der Waals surface area (Å²) in [6.07, 6.45) is 7.45. The minimum Gasteiger partial charge on any atom is -0.490 e. The highest BCUT2D eigenvalue weighted by Gasteiger charge is 2.33. The van der Waals surface area contributed by atoms with E-state index in [0.29, 0.717) is 39.5 Å². The molecule has 0 bridgehead atoms. The number of allylic oxidation sites excluding steroid dienone is 2. The van der Waals surface area contributed by atoms with Crippen LogP contribution in [0.1, 0.15) is 31.0 Å². The molecule has 1 aliphatic heterocycles. The van der Waals surface area contributed by atoms with Gasteiger partial charge in [-0.05, 0) is 43.7 Å². The first-order valence-electron chi connectivity index (χ1n) is 12.7. The molecule has 4 aromatic rings. The third-order valence-corrected chi connectivity index (χ3v) is 7.50. The van der Waals surface area contributed by atoms with Gasteiger partial charge < -0.3 is 14.0 Å². The van der Waals surface area contributed by atoms with Crippen LogP contribution in [0, 0.1) is 0 Å². The van der Waals surface area contributed by atoms with E-state index in [-0.39, 0.29) is 12.2 Å². The number of nitrogens with zero attached hydrogens (tertiary/aromatic N) is 3. The summed E-state index contributed by atoms with van der Waals surface area (Å²) in [5.74, 6) is 0.179. The van der Waals surface area contributed by atoms with Crippen LogP contribution >= 0.6 is 11.3 Å².